The van der Waals surface area contributed by atoms with Gasteiger partial charge in [-0.05, 0) is 159 Å². The summed E-state index contributed by atoms with van der Waals surface area (Å²) in [4.78, 5) is 5.64. The summed E-state index contributed by atoms with van der Waals surface area (Å²) in [5.41, 5.74) is 23.2. The van der Waals surface area contributed by atoms with E-state index >= 15 is 0 Å². The molecule has 6 aliphatic rings. The average Bonchev–Trinajstić information content (AvgIpc) is 3.55. The lowest BCUT2D eigenvalue weighted by Gasteiger charge is -2.53. The van der Waals surface area contributed by atoms with E-state index in [9.17, 15) is 0 Å². The normalized spacial score (nSPS) is 25.1. The predicted molar refractivity (Wildman–Crippen MR) is 226 cm³/mol. The average molecular weight is 701 g/mol. The molecule has 2 nitrogen and oxygen atoms in total. The van der Waals surface area contributed by atoms with Crippen molar-refractivity contribution < 1.29 is 0 Å². The van der Waals surface area contributed by atoms with Crippen LogP contribution in [0.15, 0.2) is 48.5 Å². The Bertz CT molecular complexity index is 2470. The Kier molecular flexibility index (Phi) is 5.79. The molecule has 0 saturated heterocycles. The van der Waals surface area contributed by atoms with Gasteiger partial charge in [0.1, 0.15) is 0 Å². The molecule has 4 aliphatic heterocycles. The number of rotatable bonds is 1. The van der Waals surface area contributed by atoms with Crippen LogP contribution < -0.4 is 26.2 Å². The Hall–Kier alpha value is -3.50. The minimum absolute atomic E-state index is 0.0289. The molecule has 0 spiro atoms. The molecule has 0 N–H and O–H groups in total. The third-order valence-electron chi connectivity index (χ3n) is 15.5. The van der Waals surface area contributed by atoms with Gasteiger partial charge in [0.2, 0.25) is 0 Å². The molecule has 0 radical (unpaired) electrons. The van der Waals surface area contributed by atoms with E-state index in [4.69, 9.17) is 0 Å². The van der Waals surface area contributed by atoms with Gasteiger partial charge in [-0.25, -0.2) is 0 Å². The number of fused-ring (bicyclic) bond motifs is 7. The van der Waals surface area contributed by atoms with E-state index in [1.165, 1.54) is 82.0 Å². The fraction of sp³-hybridized carbons (Fsp3) is 0.458. The molecule has 1 fully saturated rings. The molecule has 1 aromatic heterocycles. The van der Waals surface area contributed by atoms with Gasteiger partial charge in [-0.15, -0.1) is 11.3 Å². The SMILES string of the molecule is Cc1cc2c3c(c1)N1c4c5c(cc(C)c4C4(C)CCCCC14C)-c1c4c(cc6sc(c(c16)B35)N2c1ccc(C(C)(C)C)cc1)C(C)(C)CCC4(C)C. The van der Waals surface area contributed by atoms with E-state index in [0.29, 0.717) is 0 Å². The molecule has 5 heterocycles. The zero-order valence-corrected chi connectivity index (χ0v) is 34.1. The third-order valence-corrected chi connectivity index (χ3v) is 16.6. The number of benzene rings is 4. The van der Waals surface area contributed by atoms with Crippen LogP contribution in [-0.4, -0.2) is 12.3 Å². The Labute approximate surface area is 315 Å². The number of thiophene rings is 1. The van der Waals surface area contributed by atoms with Crippen LogP contribution in [0.2, 0.25) is 0 Å². The topological polar surface area (TPSA) is 6.48 Å². The first-order valence-electron chi connectivity index (χ1n) is 20.2. The summed E-state index contributed by atoms with van der Waals surface area (Å²) in [6, 6.07) is 20.0. The third kappa shape index (κ3) is 3.52. The predicted octanol–water partition coefficient (Wildman–Crippen LogP) is 11.5. The molecule has 5 aromatic rings. The van der Waals surface area contributed by atoms with E-state index in [1.54, 1.807) is 55.3 Å². The van der Waals surface area contributed by atoms with E-state index in [-0.39, 0.29) is 33.9 Å². The Morgan fingerprint density at radius 3 is 2.15 bits per heavy atom. The lowest BCUT2D eigenvalue weighted by atomic mass is 9.31. The van der Waals surface area contributed by atoms with Crippen LogP contribution in [0.25, 0.3) is 21.2 Å². The van der Waals surface area contributed by atoms with Gasteiger partial charge in [0.15, 0.2) is 0 Å². The van der Waals surface area contributed by atoms with Crippen molar-refractivity contribution in [2.24, 2.45) is 0 Å². The summed E-state index contributed by atoms with van der Waals surface area (Å²) in [6.45, 7) is 27.4. The van der Waals surface area contributed by atoms with E-state index in [0.717, 1.165) is 0 Å². The van der Waals surface area contributed by atoms with Gasteiger partial charge in [-0.2, -0.15) is 0 Å². The smallest absolute Gasteiger partial charge is 0.254 e. The van der Waals surface area contributed by atoms with Crippen LogP contribution in [0.1, 0.15) is 134 Å². The van der Waals surface area contributed by atoms with Crippen molar-refractivity contribution in [2.45, 2.75) is 142 Å². The number of hydrogen-bond donors (Lipinski definition) is 0. The van der Waals surface area contributed by atoms with Gasteiger partial charge in [-0.3, -0.25) is 0 Å². The molecule has 2 atom stereocenters. The van der Waals surface area contributed by atoms with Crippen LogP contribution in [-0.2, 0) is 21.7 Å². The van der Waals surface area contributed by atoms with Crippen LogP contribution in [0.3, 0.4) is 0 Å². The summed E-state index contributed by atoms with van der Waals surface area (Å²) < 4.78 is 1.48. The van der Waals surface area contributed by atoms with Crippen LogP contribution in [0, 0.1) is 13.8 Å². The summed E-state index contributed by atoms with van der Waals surface area (Å²) in [5, 5.41) is 2.99. The summed E-state index contributed by atoms with van der Waals surface area (Å²) >= 11 is 2.07. The Balaban J connectivity index is 1.35. The zero-order valence-electron chi connectivity index (χ0n) is 33.2. The molecule has 1 saturated carbocycles. The fourth-order valence-electron chi connectivity index (χ4n) is 12.6. The highest BCUT2D eigenvalue weighted by atomic mass is 32.1. The van der Waals surface area contributed by atoms with Gasteiger partial charge in [0.05, 0.1) is 10.5 Å². The van der Waals surface area contributed by atoms with Crippen LogP contribution in [0.5, 0.6) is 0 Å². The second-order valence-corrected chi connectivity index (χ2v) is 21.5. The van der Waals surface area contributed by atoms with Crippen LogP contribution >= 0.6 is 11.3 Å². The second-order valence-electron chi connectivity index (χ2n) is 20.4. The molecule has 2 unspecified atom stereocenters. The van der Waals surface area contributed by atoms with Gasteiger partial charge in [-0.1, -0.05) is 86.4 Å². The highest BCUT2D eigenvalue weighted by Gasteiger charge is 2.63. The summed E-state index contributed by atoms with van der Waals surface area (Å²) in [5.74, 6) is 0. The first-order chi connectivity index (χ1) is 24.5. The summed E-state index contributed by atoms with van der Waals surface area (Å²) in [6.07, 6.45) is 7.57. The zero-order chi connectivity index (χ0) is 36.2. The fourth-order valence-corrected chi connectivity index (χ4v) is 13.9. The van der Waals surface area contributed by atoms with E-state index < -0.39 is 0 Å². The quantitative estimate of drug-likeness (QED) is 0.157. The molecule has 4 aromatic carbocycles. The molecule has 2 aliphatic carbocycles. The van der Waals surface area contributed by atoms with Crippen molar-refractivity contribution in [1.82, 2.24) is 0 Å². The van der Waals surface area contributed by atoms with Crippen molar-refractivity contribution in [3.63, 3.8) is 0 Å². The van der Waals surface area contributed by atoms with Gasteiger partial charge in [0, 0.05) is 32.9 Å². The molecule has 264 valence electrons. The first-order valence-corrected chi connectivity index (χ1v) is 21.0. The molecule has 0 amide bonds. The van der Waals surface area contributed by atoms with E-state index in [2.05, 4.69) is 146 Å². The largest absolute Gasteiger partial charge is 0.335 e. The standard InChI is InChI=1S/C48H53BN2S/c1-26-22-32-40-33(23-26)51-42-37(47(10)18-12-13-19-48(47,51)11)27(2)24-30-35-36-34(25-31-38(35)46(8,9)21-20-45(31,6)7)52-43(41(36)49(40)39(30)42)50(32)29-16-14-28(15-17-29)44(3,4)5/h14-17,22-25H,12-13,18-21H2,1-11H3. The first kappa shape index (κ1) is 32.0. The van der Waals surface area contributed by atoms with Gasteiger partial charge >= 0.3 is 0 Å². The second kappa shape index (κ2) is 9.41. The minimum Gasteiger partial charge on any atom is -0.335 e. The van der Waals surface area contributed by atoms with E-state index in [1.807, 2.05) is 0 Å². The van der Waals surface area contributed by atoms with Crippen LogP contribution in [0.4, 0.5) is 27.8 Å². The van der Waals surface area contributed by atoms with Crippen molar-refractivity contribution in [3.8, 4) is 11.1 Å². The Morgan fingerprint density at radius 1 is 0.731 bits per heavy atom. The number of anilines is 5. The highest BCUT2D eigenvalue weighted by molar-refractivity contribution is 7.27. The van der Waals surface area contributed by atoms with Crippen molar-refractivity contribution >= 4 is 72.3 Å². The highest BCUT2D eigenvalue weighted by Crippen LogP contribution is 2.65. The monoisotopic (exact) mass is 700 g/mol. The maximum Gasteiger partial charge on any atom is 0.254 e. The minimum atomic E-state index is 0.0289. The Morgan fingerprint density at radius 2 is 1.42 bits per heavy atom. The summed E-state index contributed by atoms with van der Waals surface area (Å²) in [7, 11) is 0. The number of nitrogens with zero attached hydrogens (tertiary/aromatic N) is 2. The van der Waals surface area contributed by atoms with Crippen molar-refractivity contribution in [2.75, 3.05) is 9.80 Å². The molecule has 11 rings (SSSR count). The van der Waals surface area contributed by atoms with Crippen molar-refractivity contribution in [1.29, 1.82) is 0 Å². The lowest BCUT2D eigenvalue weighted by Crippen LogP contribution is -2.65. The van der Waals surface area contributed by atoms with Gasteiger partial charge < -0.3 is 9.80 Å². The maximum atomic E-state index is 2.95. The molecule has 4 heteroatoms. The number of aryl methyl sites for hydroxylation is 2. The maximum absolute atomic E-state index is 2.95. The molecular formula is C48H53BN2S. The van der Waals surface area contributed by atoms with Gasteiger partial charge in [0.25, 0.3) is 6.71 Å². The lowest BCUT2D eigenvalue weighted by molar-refractivity contribution is 0.194. The molecule has 0 bridgehead atoms. The number of hydrogen-bond acceptors (Lipinski definition) is 3. The molecule has 52 heavy (non-hydrogen) atoms. The molecular weight excluding hydrogens is 647 g/mol. The van der Waals surface area contributed by atoms with Crippen molar-refractivity contribution in [3.05, 3.63) is 81.9 Å².